The fraction of sp³-hybridized carbons (Fsp3) is 0.294. The Hall–Kier alpha value is -2.01. The van der Waals surface area contributed by atoms with Crippen LogP contribution in [0.25, 0.3) is 0 Å². The Morgan fingerprint density at radius 1 is 1.09 bits per heavy atom. The summed E-state index contributed by atoms with van der Waals surface area (Å²) in [5.41, 5.74) is 3.34. The van der Waals surface area contributed by atoms with Crippen molar-refractivity contribution in [3.63, 3.8) is 0 Å². The van der Waals surface area contributed by atoms with Crippen LogP contribution >= 0.6 is 0 Å². The van der Waals surface area contributed by atoms with Crippen LogP contribution in [0.1, 0.15) is 23.6 Å². The number of benzene rings is 2. The molecule has 0 atom stereocenters. The maximum atomic E-state index is 12.6. The molecule has 0 saturated heterocycles. The summed E-state index contributed by atoms with van der Waals surface area (Å²) in [6.07, 6.45) is 0.765. The first-order chi connectivity index (χ1) is 10.4. The van der Waals surface area contributed by atoms with Crippen molar-refractivity contribution in [1.82, 2.24) is 0 Å². The molecule has 0 saturated carbocycles. The van der Waals surface area contributed by atoms with E-state index in [9.17, 15) is 8.42 Å². The second-order valence-electron chi connectivity index (χ2n) is 5.20. The fourth-order valence-electron chi connectivity index (χ4n) is 2.38. The molecule has 0 radical (unpaired) electrons. The third-order valence-electron chi connectivity index (χ3n) is 3.65. The van der Waals surface area contributed by atoms with Crippen molar-refractivity contribution in [3.8, 4) is 5.75 Å². The summed E-state index contributed by atoms with van der Waals surface area (Å²) in [5, 5.41) is 0. The SMILES string of the molecule is CCc1cccc(C)c1NS(=O)(=O)c1ccc(OC)c(C)c1. The van der Waals surface area contributed by atoms with Crippen LogP contribution in [0.5, 0.6) is 5.75 Å². The maximum absolute atomic E-state index is 12.6. The Labute approximate surface area is 132 Å². The zero-order valence-electron chi connectivity index (χ0n) is 13.3. The van der Waals surface area contributed by atoms with E-state index in [1.54, 1.807) is 25.3 Å². The molecular formula is C17H21NO3S. The van der Waals surface area contributed by atoms with Crippen molar-refractivity contribution in [1.29, 1.82) is 0 Å². The molecule has 0 aliphatic carbocycles. The van der Waals surface area contributed by atoms with Gasteiger partial charge in [0.1, 0.15) is 5.75 Å². The largest absolute Gasteiger partial charge is 0.496 e. The highest BCUT2D eigenvalue weighted by Gasteiger charge is 2.18. The molecule has 0 aromatic heterocycles. The van der Waals surface area contributed by atoms with Crippen molar-refractivity contribution in [2.24, 2.45) is 0 Å². The highest BCUT2D eigenvalue weighted by molar-refractivity contribution is 7.92. The van der Waals surface area contributed by atoms with Crippen molar-refractivity contribution in [3.05, 3.63) is 53.1 Å². The van der Waals surface area contributed by atoms with Crippen LogP contribution < -0.4 is 9.46 Å². The van der Waals surface area contributed by atoms with Crippen molar-refractivity contribution < 1.29 is 13.2 Å². The average molecular weight is 319 g/mol. The minimum Gasteiger partial charge on any atom is -0.496 e. The van der Waals surface area contributed by atoms with E-state index in [1.807, 2.05) is 39.0 Å². The molecule has 0 fully saturated rings. The van der Waals surface area contributed by atoms with E-state index in [1.165, 1.54) is 0 Å². The summed E-state index contributed by atoms with van der Waals surface area (Å²) in [7, 11) is -2.06. The lowest BCUT2D eigenvalue weighted by Crippen LogP contribution is -2.15. The molecule has 4 nitrogen and oxygen atoms in total. The topological polar surface area (TPSA) is 55.4 Å². The van der Waals surface area contributed by atoms with Crippen LogP contribution in [0.3, 0.4) is 0 Å². The lowest BCUT2D eigenvalue weighted by atomic mass is 10.1. The van der Waals surface area contributed by atoms with Gasteiger partial charge in [-0.3, -0.25) is 4.72 Å². The van der Waals surface area contributed by atoms with E-state index in [2.05, 4.69) is 4.72 Å². The van der Waals surface area contributed by atoms with Gasteiger partial charge in [-0.1, -0.05) is 25.1 Å². The monoisotopic (exact) mass is 319 g/mol. The van der Waals surface area contributed by atoms with Crippen molar-refractivity contribution >= 4 is 15.7 Å². The minimum atomic E-state index is -3.62. The maximum Gasteiger partial charge on any atom is 0.261 e. The van der Waals surface area contributed by atoms with E-state index < -0.39 is 10.0 Å². The first-order valence-electron chi connectivity index (χ1n) is 7.15. The van der Waals surface area contributed by atoms with E-state index in [0.29, 0.717) is 11.4 Å². The summed E-state index contributed by atoms with van der Waals surface area (Å²) < 4.78 is 33.1. The molecule has 5 heteroatoms. The molecule has 0 spiro atoms. The Bertz CT molecular complexity index is 782. The van der Waals surface area contributed by atoms with E-state index in [-0.39, 0.29) is 4.90 Å². The Kier molecular flexibility index (Phi) is 4.76. The Morgan fingerprint density at radius 2 is 1.82 bits per heavy atom. The number of ether oxygens (including phenoxy) is 1. The number of aryl methyl sites for hydroxylation is 3. The van der Waals surface area contributed by atoms with Gasteiger partial charge in [-0.2, -0.15) is 0 Å². The molecule has 0 aliphatic rings. The van der Waals surface area contributed by atoms with Gasteiger partial charge in [0.2, 0.25) is 0 Å². The van der Waals surface area contributed by atoms with Crippen LogP contribution in [0.2, 0.25) is 0 Å². The van der Waals surface area contributed by atoms with Gasteiger partial charge in [0, 0.05) is 0 Å². The van der Waals surface area contributed by atoms with Gasteiger partial charge in [0.25, 0.3) is 10.0 Å². The lowest BCUT2D eigenvalue weighted by Gasteiger charge is -2.15. The first kappa shape index (κ1) is 16.4. The highest BCUT2D eigenvalue weighted by atomic mass is 32.2. The van der Waals surface area contributed by atoms with Gasteiger partial charge in [-0.15, -0.1) is 0 Å². The molecule has 2 aromatic carbocycles. The number of nitrogens with one attached hydrogen (secondary N) is 1. The molecule has 0 unspecified atom stereocenters. The molecule has 2 aromatic rings. The second-order valence-corrected chi connectivity index (χ2v) is 6.88. The van der Waals surface area contributed by atoms with Gasteiger partial charge in [-0.05, 0) is 55.2 Å². The molecule has 118 valence electrons. The van der Waals surface area contributed by atoms with E-state index >= 15 is 0 Å². The molecule has 0 amide bonds. The fourth-order valence-corrected chi connectivity index (χ4v) is 3.64. The number of hydrogen-bond donors (Lipinski definition) is 1. The zero-order valence-corrected chi connectivity index (χ0v) is 14.1. The molecule has 22 heavy (non-hydrogen) atoms. The molecule has 1 N–H and O–H groups in total. The third kappa shape index (κ3) is 3.25. The number of para-hydroxylation sites is 1. The smallest absolute Gasteiger partial charge is 0.261 e. The van der Waals surface area contributed by atoms with Gasteiger partial charge >= 0.3 is 0 Å². The van der Waals surface area contributed by atoms with Gasteiger partial charge < -0.3 is 4.74 Å². The zero-order chi connectivity index (χ0) is 16.3. The van der Waals surface area contributed by atoms with Crippen LogP contribution in [-0.4, -0.2) is 15.5 Å². The van der Waals surface area contributed by atoms with Crippen LogP contribution in [0, 0.1) is 13.8 Å². The van der Waals surface area contributed by atoms with E-state index in [0.717, 1.165) is 23.1 Å². The number of methoxy groups -OCH3 is 1. The predicted molar refractivity (Wildman–Crippen MR) is 89.1 cm³/mol. The molecule has 0 bridgehead atoms. The van der Waals surface area contributed by atoms with Gasteiger partial charge in [0.15, 0.2) is 0 Å². The number of sulfonamides is 1. The number of hydrogen-bond acceptors (Lipinski definition) is 3. The summed E-state index contributed by atoms with van der Waals surface area (Å²) in [6, 6.07) is 10.6. The van der Waals surface area contributed by atoms with Crippen LogP contribution in [-0.2, 0) is 16.4 Å². The molecule has 0 aliphatic heterocycles. The summed E-state index contributed by atoms with van der Waals surface area (Å²) in [6.45, 7) is 5.73. The lowest BCUT2D eigenvalue weighted by molar-refractivity contribution is 0.411. The van der Waals surface area contributed by atoms with Crippen molar-refractivity contribution in [2.75, 3.05) is 11.8 Å². The first-order valence-corrected chi connectivity index (χ1v) is 8.63. The standard InChI is InChI=1S/C17H21NO3S/c1-5-14-8-6-7-12(2)17(14)18-22(19,20)15-9-10-16(21-4)13(3)11-15/h6-11,18H,5H2,1-4H3. The van der Waals surface area contributed by atoms with Crippen LogP contribution in [0.4, 0.5) is 5.69 Å². The third-order valence-corrected chi connectivity index (χ3v) is 5.00. The summed E-state index contributed by atoms with van der Waals surface area (Å²) in [5.74, 6) is 0.670. The Morgan fingerprint density at radius 3 is 2.41 bits per heavy atom. The predicted octanol–water partition coefficient (Wildman–Crippen LogP) is 3.68. The van der Waals surface area contributed by atoms with E-state index in [4.69, 9.17) is 4.74 Å². The quantitative estimate of drug-likeness (QED) is 0.914. The van der Waals surface area contributed by atoms with Crippen molar-refractivity contribution in [2.45, 2.75) is 32.1 Å². The van der Waals surface area contributed by atoms with Crippen LogP contribution in [0.15, 0.2) is 41.3 Å². The summed E-state index contributed by atoms with van der Waals surface area (Å²) in [4.78, 5) is 0.233. The normalized spacial score (nSPS) is 11.3. The van der Waals surface area contributed by atoms with Gasteiger partial charge in [-0.25, -0.2) is 8.42 Å². The average Bonchev–Trinajstić information content (AvgIpc) is 2.49. The number of rotatable bonds is 5. The minimum absolute atomic E-state index is 0.233. The molecule has 0 heterocycles. The van der Waals surface area contributed by atoms with Gasteiger partial charge in [0.05, 0.1) is 17.7 Å². The second kappa shape index (κ2) is 6.40. The highest BCUT2D eigenvalue weighted by Crippen LogP contribution is 2.26. The molecule has 2 rings (SSSR count). The number of anilines is 1. The Balaban J connectivity index is 2.42. The molecular weight excluding hydrogens is 298 g/mol. The summed E-state index contributed by atoms with van der Waals surface area (Å²) >= 11 is 0.